The third-order valence-electron chi connectivity index (χ3n) is 3.59. The molecule has 3 N–H and O–H groups in total. The summed E-state index contributed by atoms with van der Waals surface area (Å²) in [5.74, 6) is 0.365. The Morgan fingerprint density at radius 2 is 2.27 bits per heavy atom. The number of aromatic hydroxyl groups is 1. The summed E-state index contributed by atoms with van der Waals surface area (Å²) in [6, 6.07) is 6.61. The van der Waals surface area contributed by atoms with Gasteiger partial charge in [-0.15, -0.1) is 0 Å². The predicted octanol–water partition coefficient (Wildman–Crippen LogP) is 1.24. The number of benzene rings is 1. The van der Waals surface area contributed by atoms with E-state index < -0.39 is 0 Å². The van der Waals surface area contributed by atoms with Crippen molar-refractivity contribution in [1.29, 1.82) is 0 Å². The topological polar surface area (TPSA) is 49.5 Å². The predicted molar refractivity (Wildman–Crippen MR) is 60.2 cm³/mol. The summed E-state index contributed by atoms with van der Waals surface area (Å²) < 4.78 is 0. The Morgan fingerprint density at radius 1 is 1.40 bits per heavy atom. The molecule has 1 aromatic rings. The van der Waals surface area contributed by atoms with Gasteiger partial charge >= 0.3 is 0 Å². The minimum absolute atomic E-state index is 0.356. The summed E-state index contributed by atoms with van der Waals surface area (Å²) in [4.78, 5) is 2.40. The Kier molecular flexibility index (Phi) is 1.89. The second kappa shape index (κ2) is 3.14. The first-order chi connectivity index (χ1) is 7.24. The quantitative estimate of drug-likeness (QED) is 0.668. The van der Waals surface area contributed by atoms with Crippen molar-refractivity contribution < 1.29 is 5.11 Å². The smallest absolute Gasteiger partial charge is 0.117 e. The van der Waals surface area contributed by atoms with Crippen LogP contribution >= 0.6 is 0 Å². The van der Waals surface area contributed by atoms with E-state index in [1.54, 1.807) is 6.07 Å². The lowest BCUT2D eigenvalue weighted by molar-refractivity contribution is 0.424. The van der Waals surface area contributed by atoms with Gasteiger partial charge in [-0.2, -0.15) is 0 Å². The number of anilines is 1. The molecule has 2 heterocycles. The van der Waals surface area contributed by atoms with Gasteiger partial charge in [-0.25, -0.2) is 0 Å². The van der Waals surface area contributed by atoms with E-state index in [0.29, 0.717) is 17.8 Å². The van der Waals surface area contributed by atoms with Gasteiger partial charge in [0.1, 0.15) is 5.75 Å². The third-order valence-corrected chi connectivity index (χ3v) is 3.59. The van der Waals surface area contributed by atoms with E-state index in [0.717, 1.165) is 25.8 Å². The molecular formula is C12H16N2O. The molecule has 1 saturated heterocycles. The van der Waals surface area contributed by atoms with Crippen LogP contribution in [-0.4, -0.2) is 23.7 Å². The van der Waals surface area contributed by atoms with Crippen molar-refractivity contribution in [3.05, 3.63) is 23.8 Å². The van der Waals surface area contributed by atoms with Gasteiger partial charge in [-0.05, 0) is 30.9 Å². The van der Waals surface area contributed by atoms with Gasteiger partial charge < -0.3 is 15.7 Å². The summed E-state index contributed by atoms with van der Waals surface area (Å²) >= 11 is 0. The van der Waals surface area contributed by atoms with Gasteiger partial charge in [-0.3, -0.25) is 0 Å². The Bertz CT molecular complexity index is 391. The Morgan fingerprint density at radius 3 is 3.13 bits per heavy atom. The van der Waals surface area contributed by atoms with Gasteiger partial charge in [-0.1, -0.05) is 6.07 Å². The average Bonchev–Trinajstić information content (AvgIpc) is 2.54. The molecule has 0 amide bonds. The maximum Gasteiger partial charge on any atom is 0.117 e. The lowest BCUT2D eigenvalue weighted by Gasteiger charge is -2.35. The average molecular weight is 204 g/mol. The molecular weight excluding hydrogens is 188 g/mol. The third kappa shape index (κ3) is 1.38. The number of piperidine rings is 1. The van der Waals surface area contributed by atoms with Crippen LogP contribution in [0, 0.1) is 0 Å². The maximum absolute atomic E-state index is 9.49. The zero-order valence-corrected chi connectivity index (χ0v) is 8.69. The Labute approximate surface area is 89.5 Å². The number of rotatable bonds is 0. The van der Waals surface area contributed by atoms with Crippen LogP contribution in [0.15, 0.2) is 18.2 Å². The Hall–Kier alpha value is -1.22. The van der Waals surface area contributed by atoms with Crippen LogP contribution in [0.4, 0.5) is 5.69 Å². The van der Waals surface area contributed by atoms with E-state index in [4.69, 9.17) is 5.73 Å². The highest BCUT2D eigenvalue weighted by Gasteiger charge is 2.33. The van der Waals surface area contributed by atoms with E-state index in [9.17, 15) is 5.11 Å². The molecule has 1 fully saturated rings. The van der Waals surface area contributed by atoms with E-state index in [2.05, 4.69) is 4.90 Å². The summed E-state index contributed by atoms with van der Waals surface area (Å²) in [5, 5.41) is 9.49. The van der Waals surface area contributed by atoms with Gasteiger partial charge in [0.05, 0.1) is 0 Å². The highest BCUT2D eigenvalue weighted by atomic mass is 16.3. The molecule has 0 aromatic heterocycles. The molecule has 3 heteroatoms. The molecule has 0 bridgehead atoms. The minimum Gasteiger partial charge on any atom is -0.508 e. The van der Waals surface area contributed by atoms with Crippen molar-refractivity contribution in [3.8, 4) is 5.75 Å². The SMILES string of the molecule is NC1CCN2c3cc(O)ccc3CC2C1. The first-order valence-corrected chi connectivity index (χ1v) is 5.58. The van der Waals surface area contributed by atoms with E-state index in [1.807, 2.05) is 12.1 Å². The zero-order valence-electron chi connectivity index (χ0n) is 8.69. The number of hydrogen-bond donors (Lipinski definition) is 2. The maximum atomic E-state index is 9.49. The van der Waals surface area contributed by atoms with Crippen LogP contribution in [0.25, 0.3) is 0 Å². The number of hydrogen-bond acceptors (Lipinski definition) is 3. The molecule has 0 radical (unpaired) electrons. The van der Waals surface area contributed by atoms with Crippen molar-refractivity contribution in [3.63, 3.8) is 0 Å². The normalized spacial score (nSPS) is 28.7. The summed E-state index contributed by atoms with van der Waals surface area (Å²) in [7, 11) is 0. The number of nitrogens with two attached hydrogens (primary N) is 1. The number of fused-ring (bicyclic) bond motifs is 3. The summed E-state index contributed by atoms with van der Waals surface area (Å²) in [5.41, 5.74) is 8.55. The summed E-state index contributed by atoms with van der Waals surface area (Å²) in [6.45, 7) is 1.03. The fourth-order valence-electron chi connectivity index (χ4n) is 2.84. The van der Waals surface area contributed by atoms with Gasteiger partial charge in [0.25, 0.3) is 0 Å². The molecule has 0 aliphatic carbocycles. The van der Waals surface area contributed by atoms with Crippen LogP contribution in [0.2, 0.25) is 0 Å². The van der Waals surface area contributed by atoms with Crippen LogP contribution in [0.5, 0.6) is 5.75 Å². The van der Waals surface area contributed by atoms with Gasteiger partial charge in [0.2, 0.25) is 0 Å². The van der Waals surface area contributed by atoms with E-state index in [-0.39, 0.29) is 0 Å². The van der Waals surface area contributed by atoms with Crippen molar-refractivity contribution in [2.24, 2.45) is 5.73 Å². The molecule has 0 spiro atoms. The molecule has 2 aliphatic heterocycles. The molecule has 2 atom stereocenters. The highest BCUT2D eigenvalue weighted by molar-refractivity contribution is 5.62. The standard InChI is InChI=1S/C12H16N2O/c13-9-3-4-14-10(6-9)5-8-1-2-11(15)7-12(8)14/h1-2,7,9-10,15H,3-6,13H2. The van der Waals surface area contributed by atoms with E-state index in [1.165, 1.54) is 11.3 Å². The van der Waals surface area contributed by atoms with Crippen LogP contribution in [-0.2, 0) is 6.42 Å². The second-order valence-corrected chi connectivity index (χ2v) is 4.65. The fraction of sp³-hybridized carbons (Fsp3) is 0.500. The summed E-state index contributed by atoms with van der Waals surface area (Å²) in [6.07, 6.45) is 3.23. The van der Waals surface area contributed by atoms with Crippen LogP contribution in [0.3, 0.4) is 0 Å². The molecule has 1 aromatic carbocycles. The number of phenolic OH excluding ortho intramolecular Hbond substituents is 1. The molecule has 80 valence electrons. The molecule has 0 saturated carbocycles. The number of phenols is 1. The van der Waals surface area contributed by atoms with Crippen molar-refractivity contribution in [1.82, 2.24) is 0 Å². The molecule has 15 heavy (non-hydrogen) atoms. The Balaban J connectivity index is 1.96. The minimum atomic E-state index is 0.356. The number of nitrogens with zero attached hydrogens (tertiary/aromatic N) is 1. The molecule has 3 rings (SSSR count). The fourth-order valence-corrected chi connectivity index (χ4v) is 2.84. The van der Waals surface area contributed by atoms with Crippen LogP contribution < -0.4 is 10.6 Å². The first-order valence-electron chi connectivity index (χ1n) is 5.58. The lowest BCUT2D eigenvalue weighted by Crippen LogP contribution is -2.45. The molecule has 2 aliphatic rings. The zero-order chi connectivity index (χ0) is 10.4. The first kappa shape index (κ1) is 9.04. The van der Waals surface area contributed by atoms with Crippen molar-refractivity contribution >= 4 is 5.69 Å². The van der Waals surface area contributed by atoms with Crippen LogP contribution in [0.1, 0.15) is 18.4 Å². The monoisotopic (exact) mass is 204 g/mol. The highest BCUT2D eigenvalue weighted by Crippen LogP contribution is 2.38. The molecule has 2 unspecified atom stereocenters. The van der Waals surface area contributed by atoms with Gasteiger partial charge in [0.15, 0.2) is 0 Å². The van der Waals surface area contributed by atoms with Crippen molar-refractivity contribution in [2.45, 2.75) is 31.3 Å². The molecule has 3 nitrogen and oxygen atoms in total. The second-order valence-electron chi connectivity index (χ2n) is 4.65. The lowest BCUT2D eigenvalue weighted by atomic mass is 9.97. The van der Waals surface area contributed by atoms with Gasteiger partial charge in [0, 0.05) is 30.4 Å². The largest absolute Gasteiger partial charge is 0.508 e. The van der Waals surface area contributed by atoms with E-state index >= 15 is 0 Å². The van der Waals surface area contributed by atoms with Crippen molar-refractivity contribution in [2.75, 3.05) is 11.4 Å².